The van der Waals surface area contributed by atoms with Crippen molar-refractivity contribution in [2.75, 3.05) is 41.8 Å². The minimum Gasteiger partial charge on any atom is -0.444 e. The van der Waals surface area contributed by atoms with Gasteiger partial charge in [0.2, 0.25) is 5.91 Å². The number of rotatable bonds is 11. The Bertz CT molecular complexity index is 1870. The van der Waals surface area contributed by atoms with Crippen molar-refractivity contribution in [1.82, 2.24) is 9.55 Å². The van der Waals surface area contributed by atoms with Gasteiger partial charge < -0.3 is 29.0 Å². The molecule has 3 aromatic carbocycles. The number of nitrogens with one attached hydrogen (secondary N) is 2. The highest BCUT2D eigenvalue weighted by atomic mass is 16.7. The lowest BCUT2D eigenvalue weighted by molar-refractivity contribution is -0.242. The van der Waals surface area contributed by atoms with Crippen LogP contribution in [0.4, 0.5) is 21.9 Å². The zero-order valence-corrected chi connectivity index (χ0v) is 29.8. The fraction of sp³-hybridized carbons (Fsp3) is 0.350. The molecule has 1 fully saturated rings. The number of nitrogens with zero attached hydrogens (tertiary/aromatic N) is 3. The number of piperidine rings is 1. The summed E-state index contributed by atoms with van der Waals surface area (Å²) < 4.78 is 19.5. The lowest BCUT2D eigenvalue weighted by Gasteiger charge is -2.42. The Morgan fingerprint density at radius 2 is 1.59 bits per heavy atom. The van der Waals surface area contributed by atoms with Crippen LogP contribution in [0, 0.1) is 11.8 Å². The molecule has 5 rings (SSSR count). The number of benzene rings is 3. The standard InChI is InChI=1S/C40H45N5O6/c1-6-49-40(50-7-2)18-21-44(22-19-40)35-26-34(43-38(48)51-39(3,4)5)33(25-30(35)17-16-29-12-9-8-10-13-29)42-37(47)27-36(46)31-14-11-15-32(24-31)45-23-20-41-28-45/h8-15,20,23-26,28H,6-7,18-19,21-22,27H2,1-5H3,(H,42,47)(H,43,48). The van der Waals surface area contributed by atoms with Gasteiger partial charge in [0.15, 0.2) is 11.6 Å². The van der Waals surface area contributed by atoms with E-state index in [0.29, 0.717) is 56.0 Å². The molecule has 0 atom stereocenters. The normalized spacial score (nSPS) is 13.9. The van der Waals surface area contributed by atoms with Crippen molar-refractivity contribution in [1.29, 1.82) is 0 Å². The van der Waals surface area contributed by atoms with E-state index in [0.717, 1.165) is 16.9 Å². The van der Waals surface area contributed by atoms with Crippen LogP contribution in [0.5, 0.6) is 0 Å². The van der Waals surface area contributed by atoms with E-state index < -0.39 is 29.8 Å². The highest BCUT2D eigenvalue weighted by molar-refractivity contribution is 6.12. The number of Topliss-reactive ketones (excluding diaryl/α,β-unsaturated/α-hetero) is 1. The molecular formula is C40H45N5O6. The summed E-state index contributed by atoms with van der Waals surface area (Å²) >= 11 is 0. The molecule has 1 aliphatic rings. The van der Waals surface area contributed by atoms with E-state index in [-0.39, 0.29) is 11.5 Å². The summed E-state index contributed by atoms with van der Waals surface area (Å²) in [5.41, 5.74) is 3.16. The number of imidazole rings is 1. The Balaban J connectivity index is 1.48. The van der Waals surface area contributed by atoms with Gasteiger partial charge in [-0.05, 0) is 71.0 Å². The SMILES string of the molecule is CCOC1(OCC)CCN(c2cc(NC(=O)OC(C)(C)C)c(NC(=O)CC(=O)c3cccc(-n4ccnc4)c3)cc2C#Cc2ccccc2)CC1. The van der Waals surface area contributed by atoms with Crippen molar-refractivity contribution in [3.05, 3.63) is 102 Å². The van der Waals surface area contributed by atoms with Crippen molar-refractivity contribution < 1.29 is 28.6 Å². The lowest BCUT2D eigenvalue weighted by Crippen LogP contribution is -2.48. The molecular weight excluding hydrogens is 646 g/mol. The van der Waals surface area contributed by atoms with Crippen molar-refractivity contribution in [3.8, 4) is 17.5 Å². The van der Waals surface area contributed by atoms with E-state index in [9.17, 15) is 14.4 Å². The van der Waals surface area contributed by atoms with Crippen LogP contribution >= 0.6 is 0 Å². The Morgan fingerprint density at radius 1 is 0.882 bits per heavy atom. The molecule has 0 radical (unpaired) electrons. The Labute approximate surface area is 299 Å². The summed E-state index contributed by atoms with van der Waals surface area (Å²) in [4.78, 5) is 46.1. The number of carbonyl (C=O) groups is 3. The van der Waals surface area contributed by atoms with Crippen LogP contribution in [-0.2, 0) is 19.0 Å². The summed E-state index contributed by atoms with van der Waals surface area (Å²) in [5.74, 6) is 4.93. The highest BCUT2D eigenvalue weighted by Gasteiger charge is 2.36. The second-order valence-corrected chi connectivity index (χ2v) is 13.1. The number of ketones is 1. The van der Waals surface area contributed by atoms with E-state index in [1.54, 1.807) is 74.4 Å². The fourth-order valence-electron chi connectivity index (χ4n) is 5.87. The first-order valence-corrected chi connectivity index (χ1v) is 17.2. The molecule has 0 aliphatic carbocycles. The zero-order valence-electron chi connectivity index (χ0n) is 29.8. The van der Waals surface area contributed by atoms with E-state index in [1.165, 1.54) is 0 Å². The third-order valence-electron chi connectivity index (χ3n) is 8.13. The number of ether oxygens (including phenoxy) is 3. The summed E-state index contributed by atoms with van der Waals surface area (Å²) in [6.07, 6.45) is 5.19. The lowest BCUT2D eigenvalue weighted by atomic mass is 10.00. The predicted molar refractivity (Wildman–Crippen MR) is 197 cm³/mol. The summed E-state index contributed by atoms with van der Waals surface area (Å²) in [5, 5.41) is 5.69. The van der Waals surface area contributed by atoms with Crippen molar-refractivity contribution in [2.45, 2.75) is 65.3 Å². The average molecular weight is 692 g/mol. The number of amides is 2. The van der Waals surface area contributed by atoms with Gasteiger partial charge in [-0.3, -0.25) is 14.9 Å². The van der Waals surface area contributed by atoms with Gasteiger partial charge in [-0.2, -0.15) is 0 Å². The molecule has 2 amide bonds. The monoisotopic (exact) mass is 691 g/mol. The molecule has 0 spiro atoms. The summed E-state index contributed by atoms with van der Waals surface area (Å²) in [6.45, 7) is 11.5. The molecule has 0 unspecified atom stereocenters. The van der Waals surface area contributed by atoms with E-state index in [4.69, 9.17) is 14.2 Å². The maximum absolute atomic E-state index is 13.5. The maximum Gasteiger partial charge on any atom is 0.412 e. The van der Waals surface area contributed by atoms with Gasteiger partial charge in [-0.25, -0.2) is 9.78 Å². The largest absolute Gasteiger partial charge is 0.444 e. The smallest absolute Gasteiger partial charge is 0.412 e. The second kappa shape index (κ2) is 16.5. The molecule has 0 bridgehead atoms. The minimum atomic E-state index is -0.760. The Hall–Kier alpha value is -5.44. The molecule has 2 N–H and O–H groups in total. The van der Waals surface area contributed by atoms with Crippen molar-refractivity contribution >= 4 is 34.8 Å². The molecule has 1 aliphatic heterocycles. The van der Waals surface area contributed by atoms with Gasteiger partial charge in [0.25, 0.3) is 0 Å². The van der Waals surface area contributed by atoms with Gasteiger partial charge in [0.1, 0.15) is 5.60 Å². The molecule has 1 aromatic heterocycles. The molecule has 266 valence electrons. The minimum absolute atomic E-state index is 0.280. The number of anilines is 3. The van der Waals surface area contributed by atoms with Crippen LogP contribution in [0.15, 0.2) is 85.5 Å². The number of hydrogen-bond donors (Lipinski definition) is 2. The van der Waals surface area contributed by atoms with Gasteiger partial charge in [0, 0.05) is 68.4 Å². The predicted octanol–water partition coefficient (Wildman–Crippen LogP) is 7.20. The van der Waals surface area contributed by atoms with Gasteiger partial charge in [0.05, 0.1) is 35.4 Å². The van der Waals surface area contributed by atoms with Crippen LogP contribution < -0.4 is 15.5 Å². The van der Waals surface area contributed by atoms with Crippen LogP contribution in [0.1, 0.15) is 75.4 Å². The molecule has 0 saturated carbocycles. The first-order chi connectivity index (χ1) is 24.5. The third-order valence-corrected chi connectivity index (χ3v) is 8.13. The number of hydrogen-bond acceptors (Lipinski definition) is 8. The first kappa shape index (κ1) is 36.8. The molecule has 11 nitrogen and oxygen atoms in total. The molecule has 4 aromatic rings. The van der Waals surface area contributed by atoms with E-state index in [1.807, 2.05) is 50.2 Å². The molecule has 51 heavy (non-hydrogen) atoms. The van der Waals surface area contributed by atoms with Crippen LogP contribution in [0.25, 0.3) is 5.69 Å². The van der Waals surface area contributed by atoms with Crippen molar-refractivity contribution in [2.24, 2.45) is 0 Å². The maximum atomic E-state index is 13.5. The van der Waals surface area contributed by atoms with Crippen LogP contribution in [0.2, 0.25) is 0 Å². The quantitative estimate of drug-likeness (QED) is 0.0733. The fourth-order valence-corrected chi connectivity index (χ4v) is 5.87. The topological polar surface area (TPSA) is 124 Å². The molecule has 1 saturated heterocycles. The van der Waals surface area contributed by atoms with E-state index >= 15 is 0 Å². The van der Waals surface area contributed by atoms with Gasteiger partial charge >= 0.3 is 6.09 Å². The summed E-state index contributed by atoms with van der Waals surface area (Å²) in [7, 11) is 0. The number of carbonyl (C=O) groups excluding carboxylic acids is 3. The van der Waals surface area contributed by atoms with Crippen LogP contribution in [-0.4, -0.2) is 65.0 Å². The average Bonchev–Trinajstić information content (AvgIpc) is 3.64. The van der Waals surface area contributed by atoms with Gasteiger partial charge in [-0.1, -0.05) is 42.2 Å². The molecule has 11 heteroatoms. The second-order valence-electron chi connectivity index (χ2n) is 13.1. The van der Waals surface area contributed by atoms with E-state index in [2.05, 4.69) is 32.4 Å². The third kappa shape index (κ3) is 10.1. The van der Waals surface area contributed by atoms with Crippen molar-refractivity contribution in [3.63, 3.8) is 0 Å². The zero-order chi connectivity index (χ0) is 36.4. The number of aromatic nitrogens is 2. The van der Waals surface area contributed by atoms with Crippen LogP contribution in [0.3, 0.4) is 0 Å². The highest BCUT2D eigenvalue weighted by Crippen LogP contribution is 2.37. The Kier molecular flexibility index (Phi) is 11.9. The summed E-state index contributed by atoms with van der Waals surface area (Å²) in [6, 6.07) is 20.1. The Morgan fingerprint density at radius 3 is 2.24 bits per heavy atom. The van der Waals surface area contributed by atoms with Gasteiger partial charge in [-0.15, -0.1) is 0 Å². The first-order valence-electron chi connectivity index (χ1n) is 17.2. The molecule has 2 heterocycles.